The van der Waals surface area contributed by atoms with Gasteiger partial charge in [0, 0.05) is 11.8 Å². The number of aryl methyl sites for hydroxylation is 1. The van der Waals surface area contributed by atoms with Crippen molar-refractivity contribution in [3.05, 3.63) is 52.5 Å². The summed E-state index contributed by atoms with van der Waals surface area (Å²) >= 11 is 5.83. The third kappa shape index (κ3) is 2.63. The predicted octanol–water partition coefficient (Wildman–Crippen LogP) is 3.81. The maximum Gasteiger partial charge on any atom is 0.134 e. The van der Waals surface area contributed by atoms with Gasteiger partial charge in [0.05, 0.1) is 10.7 Å². The molecule has 0 spiro atoms. The first kappa shape index (κ1) is 12.5. The van der Waals surface area contributed by atoms with Gasteiger partial charge in [-0.05, 0) is 36.8 Å². The summed E-state index contributed by atoms with van der Waals surface area (Å²) in [7, 11) is 0. The highest BCUT2D eigenvalue weighted by Crippen LogP contribution is 2.31. The van der Waals surface area contributed by atoms with Gasteiger partial charge in [0.1, 0.15) is 11.5 Å². The van der Waals surface area contributed by atoms with Gasteiger partial charge in [0.2, 0.25) is 0 Å². The zero-order valence-electron chi connectivity index (χ0n) is 9.76. The molecular weight excluding hydrogens is 250 g/mol. The van der Waals surface area contributed by atoms with Gasteiger partial charge in [0.15, 0.2) is 0 Å². The van der Waals surface area contributed by atoms with Crippen molar-refractivity contribution >= 4 is 23.5 Å². The number of aromatic hydroxyl groups is 2. The van der Waals surface area contributed by atoms with Crippen LogP contribution in [0.4, 0.5) is 5.69 Å². The third-order valence-corrected chi connectivity index (χ3v) is 2.85. The minimum atomic E-state index is 0.0377. The Kier molecular flexibility index (Phi) is 3.53. The highest BCUT2D eigenvalue weighted by molar-refractivity contribution is 6.32. The topological polar surface area (TPSA) is 52.8 Å². The molecule has 0 amide bonds. The lowest BCUT2D eigenvalue weighted by molar-refractivity contribution is 0.474. The molecule has 2 aromatic carbocycles. The van der Waals surface area contributed by atoms with Gasteiger partial charge in [-0.15, -0.1) is 0 Å². The van der Waals surface area contributed by atoms with E-state index in [-0.39, 0.29) is 16.5 Å². The van der Waals surface area contributed by atoms with Crippen LogP contribution in [0.25, 0.3) is 0 Å². The van der Waals surface area contributed by atoms with Crippen LogP contribution in [0.2, 0.25) is 5.02 Å². The molecule has 18 heavy (non-hydrogen) atoms. The Bertz CT molecular complexity index is 609. The minimum absolute atomic E-state index is 0.0377. The Morgan fingerprint density at radius 2 is 1.83 bits per heavy atom. The van der Waals surface area contributed by atoms with Gasteiger partial charge in [-0.3, -0.25) is 4.99 Å². The summed E-state index contributed by atoms with van der Waals surface area (Å²) in [4.78, 5) is 4.26. The van der Waals surface area contributed by atoms with E-state index in [4.69, 9.17) is 11.6 Å². The molecule has 0 heterocycles. The standard InChI is InChI=1S/C14H12ClNO2/c1-9-6-14(18)11(15)7-12(9)16-8-10-4-2-3-5-13(10)17/h2-8,17-18H,1H3/b16-8+. The monoisotopic (exact) mass is 261 g/mol. The molecule has 2 aromatic rings. The fourth-order valence-electron chi connectivity index (χ4n) is 1.53. The lowest BCUT2D eigenvalue weighted by atomic mass is 10.2. The minimum Gasteiger partial charge on any atom is -0.507 e. The van der Waals surface area contributed by atoms with Gasteiger partial charge in [0.25, 0.3) is 0 Å². The second-order valence-electron chi connectivity index (χ2n) is 3.91. The van der Waals surface area contributed by atoms with Gasteiger partial charge < -0.3 is 10.2 Å². The largest absolute Gasteiger partial charge is 0.507 e. The van der Waals surface area contributed by atoms with Crippen molar-refractivity contribution in [2.45, 2.75) is 6.92 Å². The van der Waals surface area contributed by atoms with Crippen molar-refractivity contribution in [2.75, 3.05) is 0 Å². The first-order valence-corrected chi connectivity index (χ1v) is 5.77. The number of hydrogen-bond donors (Lipinski definition) is 2. The quantitative estimate of drug-likeness (QED) is 0.808. The molecule has 4 heteroatoms. The second-order valence-corrected chi connectivity index (χ2v) is 4.31. The van der Waals surface area contributed by atoms with E-state index < -0.39 is 0 Å². The van der Waals surface area contributed by atoms with E-state index >= 15 is 0 Å². The Balaban J connectivity index is 2.35. The average molecular weight is 262 g/mol. The number of aliphatic imine (C=N–C) groups is 1. The lowest BCUT2D eigenvalue weighted by Crippen LogP contribution is -1.82. The van der Waals surface area contributed by atoms with Gasteiger partial charge in [-0.2, -0.15) is 0 Å². The van der Waals surface area contributed by atoms with Gasteiger partial charge in [-0.1, -0.05) is 23.7 Å². The van der Waals surface area contributed by atoms with Crippen molar-refractivity contribution in [3.63, 3.8) is 0 Å². The fourth-order valence-corrected chi connectivity index (χ4v) is 1.69. The smallest absolute Gasteiger partial charge is 0.134 e. The van der Waals surface area contributed by atoms with E-state index in [1.54, 1.807) is 36.5 Å². The summed E-state index contributed by atoms with van der Waals surface area (Å²) in [6.45, 7) is 1.83. The molecule has 0 unspecified atom stereocenters. The summed E-state index contributed by atoms with van der Waals surface area (Å²) in [5.74, 6) is 0.208. The van der Waals surface area contributed by atoms with Crippen LogP contribution >= 0.6 is 11.6 Å². The van der Waals surface area contributed by atoms with Gasteiger partial charge in [-0.25, -0.2) is 0 Å². The predicted molar refractivity (Wildman–Crippen MR) is 73.2 cm³/mol. The summed E-state index contributed by atoms with van der Waals surface area (Å²) in [5, 5.41) is 19.3. The van der Waals surface area contributed by atoms with E-state index in [2.05, 4.69) is 4.99 Å². The summed E-state index contributed by atoms with van der Waals surface area (Å²) < 4.78 is 0. The molecule has 0 aliphatic rings. The van der Waals surface area contributed by atoms with E-state index in [0.29, 0.717) is 11.3 Å². The number of halogens is 1. The molecule has 0 bridgehead atoms. The molecule has 0 aromatic heterocycles. The highest BCUT2D eigenvalue weighted by atomic mass is 35.5. The fraction of sp³-hybridized carbons (Fsp3) is 0.0714. The molecule has 92 valence electrons. The maximum absolute atomic E-state index is 9.60. The Labute approximate surface area is 110 Å². The van der Waals surface area contributed by atoms with Crippen LogP contribution in [-0.4, -0.2) is 16.4 Å². The molecular formula is C14H12ClNO2. The van der Waals surface area contributed by atoms with Crippen LogP contribution in [-0.2, 0) is 0 Å². The van der Waals surface area contributed by atoms with E-state index in [0.717, 1.165) is 5.56 Å². The SMILES string of the molecule is Cc1cc(O)c(Cl)cc1/N=C/c1ccccc1O. The molecule has 2 N–H and O–H groups in total. The number of rotatable bonds is 2. The molecule has 0 aliphatic carbocycles. The maximum atomic E-state index is 9.60. The lowest BCUT2D eigenvalue weighted by Gasteiger charge is -2.03. The zero-order chi connectivity index (χ0) is 13.1. The number of benzene rings is 2. The molecule has 0 aliphatic heterocycles. The van der Waals surface area contributed by atoms with Crippen molar-refractivity contribution in [1.29, 1.82) is 0 Å². The van der Waals surface area contributed by atoms with Crippen LogP contribution in [0.15, 0.2) is 41.4 Å². The summed E-state index contributed by atoms with van der Waals surface area (Å²) in [6, 6.07) is 10.1. The van der Waals surface area contributed by atoms with Crippen LogP contribution in [0.1, 0.15) is 11.1 Å². The number of phenolic OH excluding ortho intramolecular Hbond substituents is 2. The average Bonchev–Trinajstić information content (AvgIpc) is 2.34. The molecule has 0 fully saturated rings. The number of hydrogen-bond acceptors (Lipinski definition) is 3. The van der Waals surface area contributed by atoms with Crippen molar-refractivity contribution in [3.8, 4) is 11.5 Å². The van der Waals surface area contributed by atoms with Crippen LogP contribution in [0.5, 0.6) is 11.5 Å². The van der Waals surface area contributed by atoms with Crippen molar-refractivity contribution in [2.24, 2.45) is 4.99 Å². The number of para-hydroxylation sites is 1. The number of phenols is 2. The summed E-state index contributed by atoms with van der Waals surface area (Å²) in [5.41, 5.74) is 2.09. The molecule has 0 radical (unpaired) electrons. The van der Waals surface area contributed by atoms with E-state index in [9.17, 15) is 10.2 Å². The first-order valence-electron chi connectivity index (χ1n) is 5.39. The molecule has 0 atom stereocenters. The second kappa shape index (κ2) is 5.10. The van der Waals surface area contributed by atoms with E-state index in [1.165, 1.54) is 0 Å². The first-order chi connectivity index (χ1) is 8.58. The van der Waals surface area contributed by atoms with Crippen LogP contribution in [0, 0.1) is 6.92 Å². The molecule has 0 saturated heterocycles. The van der Waals surface area contributed by atoms with E-state index in [1.807, 2.05) is 13.0 Å². The Morgan fingerprint density at radius 1 is 1.11 bits per heavy atom. The van der Waals surface area contributed by atoms with Gasteiger partial charge >= 0.3 is 0 Å². The summed E-state index contributed by atoms with van der Waals surface area (Å²) in [6.07, 6.45) is 1.56. The van der Waals surface area contributed by atoms with Crippen LogP contribution < -0.4 is 0 Å². The van der Waals surface area contributed by atoms with Crippen LogP contribution in [0.3, 0.4) is 0 Å². The Hall–Kier alpha value is -2.00. The highest BCUT2D eigenvalue weighted by Gasteiger charge is 2.03. The van der Waals surface area contributed by atoms with Crippen molar-refractivity contribution in [1.82, 2.24) is 0 Å². The number of nitrogens with zero attached hydrogens (tertiary/aromatic N) is 1. The molecule has 3 nitrogen and oxygen atoms in total. The third-order valence-electron chi connectivity index (χ3n) is 2.54. The molecule has 0 saturated carbocycles. The Morgan fingerprint density at radius 3 is 2.56 bits per heavy atom. The zero-order valence-corrected chi connectivity index (χ0v) is 10.5. The molecule has 2 rings (SSSR count). The normalized spacial score (nSPS) is 11.0. The van der Waals surface area contributed by atoms with Crippen molar-refractivity contribution < 1.29 is 10.2 Å².